The first-order chi connectivity index (χ1) is 13.8. The van der Waals surface area contributed by atoms with Crippen LogP contribution in [0.2, 0.25) is 0 Å². The molecule has 6 heteroatoms. The first-order valence-electron chi connectivity index (χ1n) is 10.5. The van der Waals surface area contributed by atoms with Gasteiger partial charge in [0, 0.05) is 19.6 Å². The monoisotopic (exact) mass is 406 g/mol. The number of hydrogen-bond donors (Lipinski definition) is 1. The zero-order valence-electron chi connectivity index (χ0n) is 18.9. The number of nitrogens with one attached hydrogen (secondary N) is 1. The summed E-state index contributed by atoms with van der Waals surface area (Å²) in [5.41, 5.74) is 3.34. The number of nitrogens with zero attached hydrogens (tertiary/aromatic N) is 1. The second-order valence-corrected chi connectivity index (χ2v) is 7.26. The van der Waals surface area contributed by atoms with Crippen molar-refractivity contribution in [3.05, 3.63) is 30.3 Å². The lowest BCUT2D eigenvalue weighted by molar-refractivity contribution is -0.128. The maximum absolute atomic E-state index is 12.1. The van der Waals surface area contributed by atoms with E-state index >= 15 is 0 Å². The van der Waals surface area contributed by atoms with E-state index in [1.54, 1.807) is 19.1 Å². The minimum atomic E-state index is -0.518. The second kappa shape index (κ2) is 15.7. The molecule has 0 aliphatic carbocycles. The molecule has 0 aromatic heterocycles. The van der Waals surface area contributed by atoms with Crippen molar-refractivity contribution in [2.75, 3.05) is 18.2 Å². The number of ketones is 1. The number of Topliss-reactive ketones (excluding diaryl/α,β-unsaturated/α-hetero) is 1. The molecule has 1 N–H and O–H groups in total. The minimum Gasteiger partial charge on any atom is -0.382 e. The molecule has 1 unspecified atom stereocenters. The number of unbranched alkanes of at least 4 members (excludes halogenated alkanes) is 1. The SMILES string of the molecule is CC(=O)CC(C)C.CCCCC1C(=O)NN(c2ccccc2)C1=O.CCOCC. The van der Waals surface area contributed by atoms with Gasteiger partial charge in [0.05, 0.1) is 5.69 Å². The first-order valence-corrected chi connectivity index (χ1v) is 10.5. The summed E-state index contributed by atoms with van der Waals surface area (Å²) in [6.45, 7) is 13.4. The van der Waals surface area contributed by atoms with Crippen LogP contribution in [-0.2, 0) is 19.1 Å². The van der Waals surface area contributed by atoms with Crippen molar-refractivity contribution in [3.8, 4) is 0 Å². The zero-order chi connectivity index (χ0) is 22.2. The molecule has 0 spiro atoms. The van der Waals surface area contributed by atoms with E-state index < -0.39 is 5.92 Å². The van der Waals surface area contributed by atoms with Gasteiger partial charge in [0.2, 0.25) is 0 Å². The van der Waals surface area contributed by atoms with Crippen LogP contribution >= 0.6 is 0 Å². The van der Waals surface area contributed by atoms with Crippen LogP contribution in [-0.4, -0.2) is 30.8 Å². The van der Waals surface area contributed by atoms with Crippen LogP contribution in [0.1, 0.15) is 67.2 Å². The molecule has 2 rings (SSSR count). The van der Waals surface area contributed by atoms with Gasteiger partial charge in [-0.05, 0) is 45.2 Å². The van der Waals surface area contributed by atoms with Crippen LogP contribution in [0.4, 0.5) is 5.69 Å². The van der Waals surface area contributed by atoms with Gasteiger partial charge < -0.3 is 9.53 Å². The van der Waals surface area contributed by atoms with Gasteiger partial charge in [-0.2, -0.15) is 0 Å². The van der Waals surface area contributed by atoms with E-state index in [9.17, 15) is 14.4 Å². The molecule has 164 valence electrons. The molecule has 1 aliphatic heterocycles. The number of para-hydroxylation sites is 1. The number of benzene rings is 1. The van der Waals surface area contributed by atoms with Crippen LogP contribution < -0.4 is 10.4 Å². The Morgan fingerprint density at radius 1 is 1.10 bits per heavy atom. The van der Waals surface area contributed by atoms with Crippen molar-refractivity contribution in [3.63, 3.8) is 0 Å². The number of hydrazine groups is 1. The van der Waals surface area contributed by atoms with Crippen molar-refractivity contribution in [2.45, 2.75) is 67.2 Å². The Balaban J connectivity index is 0.000000543. The largest absolute Gasteiger partial charge is 0.382 e. The maximum Gasteiger partial charge on any atom is 0.258 e. The Morgan fingerprint density at radius 3 is 2.07 bits per heavy atom. The summed E-state index contributed by atoms with van der Waals surface area (Å²) in [6, 6.07) is 9.17. The molecule has 1 fully saturated rings. The lowest BCUT2D eigenvalue weighted by Crippen LogP contribution is -2.35. The number of hydrogen-bond acceptors (Lipinski definition) is 4. The molecule has 6 nitrogen and oxygen atoms in total. The van der Waals surface area contributed by atoms with Gasteiger partial charge in [-0.25, -0.2) is 5.01 Å². The fraction of sp³-hybridized carbons (Fsp3) is 0.609. The van der Waals surface area contributed by atoms with Crippen LogP contribution in [0.25, 0.3) is 0 Å². The smallest absolute Gasteiger partial charge is 0.258 e. The van der Waals surface area contributed by atoms with E-state index in [1.807, 2.05) is 52.8 Å². The average Bonchev–Trinajstić information content (AvgIpc) is 2.95. The van der Waals surface area contributed by atoms with Gasteiger partial charge >= 0.3 is 0 Å². The second-order valence-electron chi connectivity index (χ2n) is 7.26. The zero-order valence-corrected chi connectivity index (χ0v) is 18.9. The number of carbonyl (C=O) groups excluding carboxylic acids is 3. The third-order valence-electron chi connectivity index (χ3n) is 4.02. The van der Waals surface area contributed by atoms with E-state index in [4.69, 9.17) is 4.74 Å². The summed E-state index contributed by atoms with van der Waals surface area (Å²) in [4.78, 5) is 34.0. The lowest BCUT2D eigenvalue weighted by Gasteiger charge is -2.14. The molecular weight excluding hydrogens is 368 g/mol. The topological polar surface area (TPSA) is 75.7 Å². The van der Waals surface area contributed by atoms with E-state index in [1.165, 1.54) is 5.01 Å². The van der Waals surface area contributed by atoms with E-state index in [-0.39, 0.29) is 17.6 Å². The van der Waals surface area contributed by atoms with Gasteiger partial charge in [-0.1, -0.05) is 51.8 Å². The summed E-state index contributed by atoms with van der Waals surface area (Å²) in [5, 5.41) is 1.35. The van der Waals surface area contributed by atoms with Crippen LogP contribution in [0, 0.1) is 11.8 Å². The predicted molar refractivity (Wildman–Crippen MR) is 117 cm³/mol. The van der Waals surface area contributed by atoms with Crippen molar-refractivity contribution in [2.24, 2.45) is 11.8 Å². The lowest BCUT2D eigenvalue weighted by atomic mass is 10.0. The number of carbonyl (C=O) groups is 3. The highest BCUT2D eigenvalue weighted by Crippen LogP contribution is 2.22. The number of anilines is 1. The Labute approximate surface area is 176 Å². The molecule has 1 aromatic carbocycles. The normalized spacial score (nSPS) is 15.3. The summed E-state index contributed by atoms with van der Waals surface area (Å²) < 4.78 is 4.83. The fourth-order valence-electron chi connectivity index (χ4n) is 2.72. The molecule has 29 heavy (non-hydrogen) atoms. The molecule has 1 saturated heterocycles. The van der Waals surface area contributed by atoms with Crippen molar-refractivity contribution < 1.29 is 19.1 Å². The quantitative estimate of drug-likeness (QED) is 0.643. The third-order valence-corrected chi connectivity index (χ3v) is 4.02. The molecule has 0 radical (unpaired) electrons. The van der Waals surface area contributed by atoms with Crippen LogP contribution in [0.3, 0.4) is 0 Å². The Hall–Kier alpha value is -2.21. The van der Waals surface area contributed by atoms with Gasteiger partial charge in [-0.15, -0.1) is 0 Å². The molecule has 1 heterocycles. The maximum atomic E-state index is 12.1. The number of rotatable bonds is 8. The molecule has 1 aromatic rings. The Kier molecular flexibility index (Phi) is 14.5. The summed E-state index contributed by atoms with van der Waals surface area (Å²) in [5.74, 6) is -0.0374. The van der Waals surface area contributed by atoms with Crippen molar-refractivity contribution in [1.29, 1.82) is 0 Å². The van der Waals surface area contributed by atoms with E-state index in [2.05, 4.69) is 5.43 Å². The fourth-order valence-corrected chi connectivity index (χ4v) is 2.72. The van der Waals surface area contributed by atoms with Gasteiger partial charge in [0.1, 0.15) is 11.7 Å². The molecule has 1 aliphatic rings. The van der Waals surface area contributed by atoms with E-state index in [0.717, 1.165) is 32.5 Å². The predicted octanol–water partition coefficient (Wildman–Crippen LogP) is 4.54. The van der Waals surface area contributed by atoms with E-state index in [0.29, 0.717) is 18.0 Å². The molecule has 1 atom stereocenters. The third kappa shape index (κ3) is 11.4. The van der Waals surface area contributed by atoms with Crippen molar-refractivity contribution in [1.82, 2.24) is 5.43 Å². The average molecular weight is 407 g/mol. The Morgan fingerprint density at radius 2 is 1.69 bits per heavy atom. The number of amides is 2. The number of ether oxygens (including phenoxy) is 1. The summed E-state index contributed by atoms with van der Waals surface area (Å²) in [6.07, 6.45) is 3.24. The van der Waals surface area contributed by atoms with Gasteiger partial charge in [-0.3, -0.25) is 15.0 Å². The standard InChI is InChI=1S/C13H16N2O2.C6H12O.C4H10O/c1-2-3-9-11-12(16)14-15(13(11)17)10-7-5-4-6-8-10;1-5(2)4-6(3)7;1-3-5-4-2/h4-8,11H,2-3,9H2,1H3,(H,14,16);5H,4H2,1-3H3;3-4H2,1-2H3. The molecule has 2 amide bonds. The highest BCUT2D eigenvalue weighted by atomic mass is 16.5. The minimum absolute atomic E-state index is 0.144. The highest BCUT2D eigenvalue weighted by molar-refractivity contribution is 6.14. The van der Waals surface area contributed by atoms with Gasteiger partial charge in [0.15, 0.2) is 0 Å². The summed E-state index contributed by atoms with van der Waals surface area (Å²) >= 11 is 0. The molecular formula is C23H38N2O4. The van der Waals surface area contributed by atoms with Crippen LogP contribution in [0.15, 0.2) is 30.3 Å². The van der Waals surface area contributed by atoms with Gasteiger partial charge in [0.25, 0.3) is 11.8 Å². The van der Waals surface area contributed by atoms with Crippen molar-refractivity contribution >= 4 is 23.3 Å². The molecule has 0 saturated carbocycles. The Bertz CT molecular complexity index is 600. The molecule has 0 bridgehead atoms. The van der Waals surface area contributed by atoms with Crippen LogP contribution in [0.5, 0.6) is 0 Å². The first kappa shape index (κ1) is 26.8. The highest BCUT2D eigenvalue weighted by Gasteiger charge is 2.39. The summed E-state index contributed by atoms with van der Waals surface area (Å²) in [7, 11) is 0.